The number of fused-ring (bicyclic) bond motifs is 1. The van der Waals surface area contributed by atoms with Gasteiger partial charge in [-0.15, -0.1) is 0 Å². The molecule has 3 rings (SSSR count). The number of imidazole rings is 1. The van der Waals surface area contributed by atoms with Crippen molar-refractivity contribution in [2.75, 3.05) is 6.61 Å². The van der Waals surface area contributed by atoms with Gasteiger partial charge in [0.05, 0.1) is 17.6 Å². The number of rotatable bonds is 5. The summed E-state index contributed by atoms with van der Waals surface area (Å²) < 4.78 is 8.82. The highest BCUT2D eigenvalue weighted by molar-refractivity contribution is 14.1. The first-order chi connectivity index (χ1) is 10.6. The molecule has 4 nitrogen and oxygen atoms in total. The van der Waals surface area contributed by atoms with Crippen molar-refractivity contribution in [1.29, 1.82) is 0 Å². The summed E-state index contributed by atoms with van der Waals surface area (Å²) in [5.41, 5.74) is 1.99. The number of aliphatic hydroxyl groups is 1. The van der Waals surface area contributed by atoms with Crippen LogP contribution in [0.15, 0.2) is 48.5 Å². The van der Waals surface area contributed by atoms with E-state index < -0.39 is 6.10 Å². The van der Waals surface area contributed by atoms with Crippen molar-refractivity contribution >= 4 is 33.6 Å². The third-order valence-corrected chi connectivity index (χ3v) is 4.21. The molecule has 1 N–H and O–H groups in total. The van der Waals surface area contributed by atoms with E-state index in [1.165, 1.54) is 0 Å². The fourth-order valence-electron chi connectivity index (χ4n) is 2.41. The maximum Gasteiger partial charge on any atom is 0.119 e. The van der Waals surface area contributed by atoms with Gasteiger partial charge in [-0.1, -0.05) is 12.1 Å². The summed E-state index contributed by atoms with van der Waals surface area (Å²) in [6.45, 7) is 2.68. The number of hydrogen-bond donors (Lipinski definition) is 1. The minimum Gasteiger partial charge on any atom is -0.491 e. The molecule has 22 heavy (non-hydrogen) atoms. The standard InChI is InChI=1S/C17H17IN2O2/c1-12-19-16-4-2-3-5-17(16)20(12)10-14(21)11-22-15-8-6-13(18)7-9-15/h2-9,14,21H,10-11H2,1H3/t14-/m0/s1. The van der Waals surface area contributed by atoms with E-state index in [4.69, 9.17) is 4.74 Å². The molecule has 0 saturated heterocycles. The van der Waals surface area contributed by atoms with Crippen LogP contribution in [0.3, 0.4) is 0 Å². The Labute approximate surface area is 142 Å². The van der Waals surface area contributed by atoms with Crippen LogP contribution < -0.4 is 4.74 Å². The molecule has 0 spiro atoms. The van der Waals surface area contributed by atoms with Gasteiger partial charge in [0.15, 0.2) is 0 Å². The quantitative estimate of drug-likeness (QED) is 0.659. The smallest absolute Gasteiger partial charge is 0.119 e. The molecule has 1 aromatic heterocycles. The van der Waals surface area contributed by atoms with Crippen LogP contribution in [0.1, 0.15) is 5.82 Å². The second kappa shape index (κ2) is 6.66. The van der Waals surface area contributed by atoms with Crippen LogP contribution in [0, 0.1) is 10.5 Å². The normalized spacial score (nSPS) is 12.5. The average molecular weight is 408 g/mol. The number of nitrogens with zero attached hydrogens (tertiary/aromatic N) is 2. The average Bonchev–Trinajstić information content (AvgIpc) is 2.83. The summed E-state index contributed by atoms with van der Waals surface area (Å²) in [6.07, 6.45) is -0.587. The molecule has 1 atom stereocenters. The predicted molar refractivity (Wildman–Crippen MR) is 95.1 cm³/mol. The molecule has 0 saturated carbocycles. The maximum atomic E-state index is 10.2. The van der Waals surface area contributed by atoms with Crippen LogP contribution in [0.2, 0.25) is 0 Å². The monoisotopic (exact) mass is 408 g/mol. The van der Waals surface area contributed by atoms with E-state index in [1.54, 1.807) is 0 Å². The molecule has 0 bridgehead atoms. The van der Waals surface area contributed by atoms with E-state index in [0.29, 0.717) is 6.54 Å². The van der Waals surface area contributed by atoms with Crippen molar-refractivity contribution in [3.8, 4) is 5.75 Å². The van der Waals surface area contributed by atoms with E-state index in [0.717, 1.165) is 26.2 Å². The fourth-order valence-corrected chi connectivity index (χ4v) is 2.77. The second-order valence-corrected chi connectivity index (χ2v) is 6.42. The molecule has 0 unspecified atom stereocenters. The van der Waals surface area contributed by atoms with Crippen LogP contribution in [-0.4, -0.2) is 27.4 Å². The minimum atomic E-state index is -0.587. The topological polar surface area (TPSA) is 47.3 Å². The molecule has 2 aromatic carbocycles. The van der Waals surface area contributed by atoms with Crippen molar-refractivity contribution in [2.24, 2.45) is 0 Å². The van der Waals surface area contributed by atoms with Crippen LogP contribution in [0.4, 0.5) is 0 Å². The zero-order valence-electron chi connectivity index (χ0n) is 12.2. The van der Waals surface area contributed by atoms with Crippen LogP contribution in [-0.2, 0) is 6.54 Å². The van der Waals surface area contributed by atoms with Crippen LogP contribution in [0.5, 0.6) is 5.75 Å². The Hall–Kier alpha value is -1.60. The van der Waals surface area contributed by atoms with Crippen molar-refractivity contribution in [1.82, 2.24) is 9.55 Å². The summed E-state index contributed by atoms with van der Waals surface area (Å²) in [5, 5.41) is 10.2. The van der Waals surface area contributed by atoms with Gasteiger partial charge in [-0.3, -0.25) is 0 Å². The molecule has 1 heterocycles. The Morgan fingerprint density at radius 2 is 1.91 bits per heavy atom. The molecule has 5 heteroatoms. The Bertz CT molecular complexity index is 768. The lowest BCUT2D eigenvalue weighted by Gasteiger charge is -2.14. The first-order valence-corrected chi connectivity index (χ1v) is 8.19. The molecule has 0 amide bonds. The lowest BCUT2D eigenvalue weighted by molar-refractivity contribution is 0.0929. The zero-order chi connectivity index (χ0) is 15.5. The van der Waals surface area contributed by atoms with Crippen LogP contribution >= 0.6 is 22.6 Å². The molecule has 0 fully saturated rings. The largest absolute Gasteiger partial charge is 0.491 e. The number of halogens is 1. The third kappa shape index (κ3) is 3.41. The van der Waals surface area contributed by atoms with Crippen molar-refractivity contribution in [2.45, 2.75) is 19.6 Å². The molecule has 0 aliphatic rings. The van der Waals surface area contributed by atoms with E-state index in [-0.39, 0.29) is 6.61 Å². The number of aryl methyl sites for hydroxylation is 1. The summed E-state index contributed by atoms with van der Waals surface area (Å²) >= 11 is 2.25. The highest BCUT2D eigenvalue weighted by atomic mass is 127. The molecule has 0 radical (unpaired) electrons. The lowest BCUT2D eigenvalue weighted by atomic mass is 10.3. The zero-order valence-corrected chi connectivity index (χ0v) is 14.4. The summed E-state index contributed by atoms with van der Waals surface area (Å²) in [5.74, 6) is 1.67. The van der Waals surface area contributed by atoms with Gasteiger partial charge in [0.25, 0.3) is 0 Å². The third-order valence-electron chi connectivity index (χ3n) is 3.49. The Kier molecular flexibility index (Phi) is 4.63. The molecule has 114 valence electrons. The summed E-state index contributed by atoms with van der Waals surface area (Å²) in [7, 11) is 0. The highest BCUT2D eigenvalue weighted by Crippen LogP contribution is 2.17. The van der Waals surface area contributed by atoms with Crippen molar-refractivity contribution in [3.05, 3.63) is 57.9 Å². The van der Waals surface area contributed by atoms with Gasteiger partial charge >= 0.3 is 0 Å². The van der Waals surface area contributed by atoms with E-state index in [2.05, 4.69) is 27.6 Å². The second-order valence-electron chi connectivity index (χ2n) is 5.18. The molecule has 0 aliphatic heterocycles. The van der Waals surface area contributed by atoms with Gasteiger partial charge < -0.3 is 14.4 Å². The molecular formula is C17H17IN2O2. The van der Waals surface area contributed by atoms with Gasteiger partial charge in [-0.2, -0.15) is 0 Å². The van der Waals surface area contributed by atoms with Crippen LogP contribution in [0.25, 0.3) is 11.0 Å². The summed E-state index contributed by atoms with van der Waals surface area (Å²) in [6, 6.07) is 15.7. The van der Waals surface area contributed by atoms with Gasteiger partial charge in [0, 0.05) is 3.57 Å². The molecule has 3 aromatic rings. The predicted octanol–water partition coefficient (Wildman–Crippen LogP) is 3.39. The maximum absolute atomic E-state index is 10.2. The Morgan fingerprint density at radius 1 is 1.18 bits per heavy atom. The van der Waals surface area contributed by atoms with Gasteiger partial charge in [-0.25, -0.2) is 4.98 Å². The number of benzene rings is 2. The first-order valence-electron chi connectivity index (χ1n) is 7.12. The van der Waals surface area contributed by atoms with Crippen molar-refractivity contribution in [3.63, 3.8) is 0 Å². The molecular weight excluding hydrogens is 391 g/mol. The number of aromatic nitrogens is 2. The van der Waals surface area contributed by atoms with Gasteiger partial charge in [-0.05, 0) is 65.9 Å². The van der Waals surface area contributed by atoms with Gasteiger partial charge in [0.1, 0.15) is 24.3 Å². The first kappa shape index (κ1) is 15.3. The minimum absolute atomic E-state index is 0.256. The Morgan fingerprint density at radius 3 is 2.68 bits per heavy atom. The number of hydrogen-bond acceptors (Lipinski definition) is 3. The van der Waals surface area contributed by atoms with E-state index >= 15 is 0 Å². The SMILES string of the molecule is Cc1nc2ccccc2n1C[C@H](O)COc1ccc(I)cc1. The Balaban J connectivity index is 1.67. The summed E-state index contributed by atoms with van der Waals surface area (Å²) in [4.78, 5) is 4.50. The lowest BCUT2D eigenvalue weighted by Crippen LogP contribution is -2.24. The van der Waals surface area contributed by atoms with Crippen molar-refractivity contribution < 1.29 is 9.84 Å². The highest BCUT2D eigenvalue weighted by Gasteiger charge is 2.12. The fraction of sp³-hybridized carbons (Fsp3) is 0.235. The van der Waals surface area contributed by atoms with Gasteiger partial charge in [0.2, 0.25) is 0 Å². The van der Waals surface area contributed by atoms with E-state index in [1.807, 2.05) is 60.0 Å². The number of para-hydroxylation sites is 2. The number of ether oxygens (including phenoxy) is 1. The van der Waals surface area contributed by atoms with E-state index in [9.17, 15) is 5.11 Å². The molecule has 0 aliphatic carbocycles. The number of aliphatic hydroxyl groups excluding tert-OH is 1.